The molecule has 0 heterocycles. The Morgan fingerprint density at radius 1 is 0.522 bits per heavy atom. The molecule has 0 unspecified atom stereocenters. The molecule has 6 aromatic carbocycles. The van der Waals surface area contributed by atoms with E-state index in [1.807, 2.05) is 0 Å². The van der Waals surface area contributed by atoms with Gasteiger partial charge in [0.05, 0.1) is 0 Å². The SMILES string of the molecule is C[Si]C.Cc1cccc(-c2cccc3[cH-]c(CC(C)C)cc23)c1C.Cc1cccc(-c2cccc3[cH-]c(CC(C)C)cc23)c1C.[Hf]. The Morgan fingerprint density at radius 3 is 1.20 bits per heavy atom. The summed E-state index contributed by atoms with van der Waals surface area (Å²) < 4.78 is 0. The van der Waals surface area contributed by atoms with Gasteiger partial charge in [0, 0.05) is 35.4 Å². The quantitative estimate of drug-likeness (QED) is 0.117. The van der Waals surface area contributed by atoms with Gasteiger partial charge in [-0.15, -0.1) is 69.1 Å². The van der Waals surface area contributed by atoms with Crippen LogP contribution < -0.4 is 0 Å². The molecule has 0 spiro atoms. The summed E-state index contributed by atoms with van der Waals surface area (Å²) in [6, 6.07) is 36.0. The monoisotopic (exact) mass is 788 g/mol. The summed E-state index contributed by atoms with van der Waals surface area (Å²) in [7, 11) is 1.08. The zero-order valence-electron chi connectivity index (χ0n) is 29.8. The molecular weight excluding hydrogens is 735 g/mol. The standard InChI is InChI=1S/2C21H23.C2H6Si.Hf/c2*1-14(2)11-17-12-18-8-6-10-20(21(18)13-17)19-9-5-7-15(3)16(19)4;1-3-2;/h2*5-10,12-14H,11H2,1-4H3;1-2H3;/q2*-1;;. The molecule has 0 aliphatic heterocycles. The average Bonchev–Trinajstić information content (AvgIpc) is 3.59. The van der Waals surface area contributed by atoms with Crippen LogP contribution in [0, 0.1) is 39.5 Å². The summed E-state index contributed by atoms with van der Waals surface area (Å²) in [5.41, 5.74) is 13.9. The molecule has 46 heavy (non-hydrogen) atoms. The third-order valence-corrected chi connectivity index (χ3v) is 8.70. The summed E-state index contributed by atoms with van der Waals surface area (Å²) in [5.74, 6) is 1.40. The van der Waals surface area contributed by atoms with E-state index in [0.29, 0.717) is 11.8 Å². The van der Waals surface area contributed by atoms with Crippen LogP contribution in [0.2, 0.25) is 13.1 Å². The number of aryl methyl sites for hydroxylation is 2. The molecule has 238 valence electrons. The maximum absolute atomic E-state index is 2.38. The van der Waals surface area contributed by atoms with Crippen LogP contribution in [0.5, 0.6) is 0 Å². The van der Waals surface area contributed by atoms with Crippen LogP contribution in [0.25, 0.3) is 43.8 Å². The fraction of sp³-hybridized carbons (Fsp3) is 0.318. The number of fused-ring (bicyclic) bond motifs is 2. The second-order valence-electron chi connectivity index (χ2n) is 13.5. The van der Waals surface area contributed by atoms with Crippen LogP contribution in [0.15, 0.2) is 97.1 Å². The molecule has 0 fully saturated rings. The number of hydrogen-bond acceptors (Lipinski definition) is 0. The largest absolute Gasteiger partial charge is 0.164 e. The Labute approximate surface area is 301 Å². The first-order chi connectivity index (χ1) is 21.5. The number of hydrogen-bond donors (Lipinski definition) is 0. The van der Waals surface area contributed by atoms with E-state index < -0.39 is 0 Å². The summed E-state index contributed by atoms with van der Waals surface area (Å²) in [4.78, 5) is 0. The summed E-state index contributed by atoms with van der Waals surface area (Å²) in [5, 5.41) is 5.51. The Hall–Kier alpha value is -2.81. The Kier molecular flexibility index (Phi) is 14.2. The van der Waals surface area contributed by atoms with Gasteiger partial charge in [-0.1, -0.05) is 100 Å². The zero-order valence-corrected chi connectivity index (χ0v) is 34.4. The summed E-state index contributed by atoms with van der Waals surface area (Å²) >= 11 is 0. The molecule has 0 aliphatic carbocycles. The van der Waals surface area contributed by atoms with Gasteiger partial charge >= 0.3 is 0 Å². The van der Waals surface area contributed by atoms with Gasteiger partial charge in [0.2, 0.25) is 0 Å². The minimum Gasteiger partial charge on any atom is -0.164 e. The van der Waals surface area contributed by atoms with Crippen LogP contribution in [0.4, 0.5) is 0 Å². The normalized spacial score (nSPS) is 10.9. The maximum Gasteiger partial charge on any atom is 0.0307 e. The van der Waals surface area contributed by atoms with E-state index in [1.165, 1.54) is 77.2 Å². The van der Waals surface area contributed by atoms with Gasteiger partial charge in [0.15, 0.2) is 0 Å². The van der Waals surface area contributed by atoms with E-state index in [2.05, 4.69) is 166 Å². The molecule has 0 bridgehead atoms. The molecule has 2 radical (unpaired) electrons. The second kappa shape index (κ2) is 17.4. The van der Waals surface area contributed by atoms with Gasteiger partial charge < -0.3 is 0 Å². The molecular formula is C44H52HfSi-2. The fourth-order valence-corrected chi connectivity index (χ4v) is 6.33. The van der Waals surface area contributed by atoms with Crippen molar-refractivity contribution >= 4 is 31.1 Å². The van der Waals surface area contributed by atoms with Crippen LogP contribution in [-0.4, -0.2) is 9.52 Å². The molecule has 2 heteroatoms. The Bertz CT molecular complexity index is 1710. The first-order valence-corrected chi connectivity index (χ1v) is 18.6. The van der Waals surface area contributed by atoms with E-state index >= 15 is 0 Å². The van der Waals surface area contributed by atoms with E-state index in [4.69, 9.17) is 0 Å². The maximum atomic E-state index is 2.38. The fourth-order valence-electron chi connectivity index (χ4n) is 6.33. The van der Waals surface area contributed by atoms with Gasteiger partial charge in [-0.3, -0.25) is 0 Å². The van der Waals surface area contributed by atoms with Crippen LogP contribution in [0.3, 0.4) is 0 Å². The first kappa shape index (κ1) is 37.6. The first-order valence-electron chi connectivity index (χ1n) is 16.6. The topological polar surface area (TPSA) is 0 Å². The van der Waals surface area contributed by atoms with Crippen molar-refractivity contribution in [1.29, 1.82) is 0 Å². The predicted molar refractivity (Wildman–Crippen MR) is 203 cm³/mol. The second-order valence-corrected chi connectivity index (χ2v) is 14.5. The zero-order chi connectivity index (χ0) is 32.7. The van der Waals surface area contributed by atoms with Crippen LogP contribution in [0.1, 0.15) is 61.1 Å². The predicted octanol–water partition coefficient (Wildman–Crippen LogP) is 12.9. The Morgan fingerprint density at radius 2 is 0.848 bits per heavy atom. The van der Waals surface area contributed by atoms with Crippen molar-refractivity contribution in [3.8, 4) is 22.3 Å². The van der Waals surface area contributed by atoms with Gasteiger partial charge in [0.1, 0.15) is 0 Å². The van der Waals surface area contributed by atoms with Crippen molar-refractivity contribution in [2.45, 2.75) is 81.3 Å². The molecule has 0 saturated heterocycles. The minimum atomic E-state index is 0. The van der Waals surface area contributed by atoms with E-state index in [-0.39, 0.29) is 25.8 Å². The molecule has 6 aromatic rings. The Balaban J connectivity index is 0.000000226. The van der Waals surface area contributed by atoms with Crippen molar-refractivity contribution < 1.29 is 25.8 Å². The van der Waals surface area contributed by atoms with E-state index in [0.717, 1.165) is 22.4 Å². The smallest absolute Gasteiger partial charge is 0.0307 e. The number of benzene rings is 4. The summed E-state index contributed by atoms with van der Waals surface area (Å²) in [6.07, 6.45) is 2.31. The van der Waals surface area contributed by atoms with Crippen molar-refractivity contribution in [2.24, 2.45) is 11.8 Å². The average molecular weight is 787 g/mol. The number of rotatable bonds is 6. The molecule has 6 rings (SSSR count). The third-order valence-electron chi connectivity index (χ3n) is 8.70. The van der Waals surface area contributed by atoms with Gasteiger partial charge in [-0.05, 0) is 85.8 Å². The van der Waals surface area contributed by atoms with Crippen LogP contribution >= 0.6 is 0 Å². The van der Waals surface area contributed by atoms with Crippen molar-refractivity contribution in [1.82, 2.24) is 0 Å². The molecule has 0 N–H and O–H groups in total. The molecule has 0 amide bonds. The molecule has 0 aliphatic rings. The van der Waals surface area contributed by atoms with E-state index in [9.17, 15) is 0 Å². The molecule has 0 aromatic heterocycles. The molecule has 0 nitrogen and oxygen atoms in total. The minimum absolute atomic E-state index is 0. The third kappa shape index (κ3) is 9.17. The van der Waals surface area contributed by atoms with E-state index in [1.54, 1.807) is 0 Å². The van der Waals surface area contributed by atoms with Gasteiger partial charge in [-0.25, -0.2) is 0 Å². The van der Waals surface area contributed by atoms with Crippen molar-refractivity contribution in [3.05, 3.63) is 130 Å². The van der Waals surface area contributed by atoms with Crippen molar-refractivity contribution in [3.63, 3.8) is 0 Å². The van der Waals surface area contributed by atoms with Gasteiger partial charge in [-0.2, -0.15) is 12.1 Å². The van der Waals surface area contributed by atoms with Crippen LogP contribution in [-0.2, 0) is 38.7 Å². The molecule has 0 saturated carbocycles. The summed E-state index contributed by atoms with van der Waals surface area (Å²) in [6.45, 7) is 22.3. The van der Waals surface area contributed by atoms with Crippen molar-refractivity contribution in [2.75, 3.05) is 0 Å². The molecule has 0 atom stereocenters. The van der Waals surface area contributed by atoms with Gasteiger partial charge in [0.25, 0.3) is 0 Å².